The van der Waals surface area contributed by atoms with Crippen LogP contribution in [0.2, 0.25) is 0 Å². The van der Waals surface area contributed by atoms with E-state index in [1.54, 1.807) is 0 Å². The van der Waals surface area contributed by atoms with Gasteiger partial charge in [-0.25, -0.2) is 4.39 Å². The van der Waals surface area contributed by atoms with Crippen LogP contribution in [0.5, 0.6) is 5.75 Å². The van der Waals surface area contributed by atoms with Crippen LogP contribution in [0, 0.1) is 11.7 Å². The molecular formula is C10H13BrFNO. The maximum Gasteiger partial charge on any atom is 0.147 e. The van der Waals surface area contributed by atoms with Crippen molar-refractivity contribution in [2.75, 3.05) is 12.3 Å². The van der Waals surface area contributed by atoms with Crippen LogP contribution in [-0.2, 0) is 0 Å². The fraction of sp³-hybridized carbons (Fsp3) is 0.400. The Morgan fingerprint density at radius 1 is 1.50 bits per heavy atom. The van der Waals surface area contributed by atoms with Gasteiger partial charge in [0.25, 0.3) is 0 Å². The van der Waals surface area contributed by atoms with Crippen molar-refractivity contribution in [3.05, 3.63) is 22.4 Å². The monoisotopic (exact) mass is 261 g/mol. The molecule has 0 bridgehead atoms. The molecule has 0 amide bonds. The fourth-order valence-corrected chi connectivity index (χ4v) is 1.34. The molecule has 1 aromatic carbocycles. The second-order valence-corrected chi connectivity index (χ2v) is 4.36. The van der Waals surface area contributed by atoms with Gasteiger partial charge >= 0.3 is 0 Å². The summed E-state index contributed by atoms with van der Waals surface area (Å²) < 4.78 is 19.0. The number of ether oxygens (including phenoxy) is 1. The first-order valence-corrected chi connectivity index (χ1v) is 5.17. The molecule has 0 spiro atoms. The van der Waals surface area contributed by atoms with Crippen molar-refractivity contribution in [1.29, 1.82) is 0 Å². The van der Waals surface area contributed by atoms with Crippen LogP contribution in [0.15, 0.2) is 16.6 Å². The third-order valence-electron chi connectivity index (χ3n) is 1.62. The number of rotatable bonds is 3. The smallest absolute Gasteiger partial charge is 0.147 e. The second-order valence-electron chi connectivity index (χ2n) is 3.51. The molecule has 2 N–H and O–H groups in total. The first-order chi connectivity index (χ1) is 6.50. The van der Waals surface area contributed by atoms with Gasteiger partial charge < -0.3 is 10.5 Å². The number of hydrogen-bond donors (Lipinski definition) is 1. The van der Waals surface area contributed by atoms with Crippen molar-refractivity contribution >= 4 is 21.6 Å². The minimum absolute atomic E-state index is 0.104. The van der Waals surface area contributed by atoms with Crippen molar-refractivity contribution in [2.45, 2.75) is 13.8 Å². The maximum absolute atomic E-state index is 12.9. The third kappa shape index (κ3) is 2.87. The van der Waals surface area contributed by atoms with Gasteiger partial charge in [-0.15, -0.1) is 0 Å². The van der Waals surface area contributed by atoms with Crippen LogP contribution >= 0.6 is 15.9 Å². The van der Waals surface area contributed by atoms with E-state index in [1.165, 1.54) is 12.1 Å². The Balaban J connectivity index is 2.82. The Morgan fingerprint density at radius 3 is 2.71 bits per heavy atom. The van der Waals surface area contributed by atoms with E-state index in [9.17, 15) is 4.39 Å². The molecule has 0 aromatic heterocycles. The molecule has 1 rings (SSSR count). The number of halogens is 2. The van der Waals surface area contributed by atoms with E-state index in [0.717, 1.165) is 0 Å². The molecule has 0 unspecified atom stereocenters. The summed E-state index contributed by atoms with van der Waals surface area (Å²) >= 11 is 3.21. The van der Waals surface area contributed by atoms with E-state index in [4.69, 9.17) is 10.5 Å². The molecule has 0 saturated heterocycles. The van der Waals surface area contributed by atoms with Gasteiger partial charge in [-0.1, -0.05) is 13.8 Å². The van der Waals surface area contributed by atoms with E-state index < -0.39 is 5.82 Å². The quantitative estimate of drug-likeness (QED) is 0.849. The number of benzene rings is 1. The van der Waals surface area contributed by atoms with E-state index in [-0.39, 0.29) is 5.69 Å². The molecule has 1 aromatic rings. The molecule has 0 aliphatic rings. The predicted octanol–water partition coefficient (Wildman–Crippen LogP) is 3.21. The molecule has 0 aliphatic heterocycles. The van der Waals surface area contributed by atoms with Crippen LogP contribution in [0.1, 0.15) is 13.8 Å². The van der Waals surface area contributed by atoms with Gasteiger partial charge in [0, 0.05) is 6.07 Å². The van der Waals surface area contributed by atoms with E-state index in [1.807, 2.05) is 13.8 Å². The summed E-state index contributed by atoms with van der Waals surface area (Å²) in [7, 11) is 0. The molecule has 14 heavy (non-hydrogen) atoms. The molecule has 2 nitrogen and oxygen atoms in total. The minimum atomic E-state index is -0.436. The van der Waals surface area contributed by atoms with Crippen molar-refractivity contribution in [1.82, 2.24) is 0 Å². The summed E-state index contributed by atoms with van der Waals surface area (Å²) in [5.74, 6) is 0.569. The standard InChI is InChI=1S/C10H13BrFNO/c1-6(2)5-14-10-4-9(13)8(12)3-7(10)11/h3-4,6H,5,13H2,1-2H3. The minimum Gasteiger partial charge on any atom is -0.492 e. The first kappa shape index (κ1) is 11.3. The topological polar surface area (TPSA) is 35.2 Å². The van der Waals surface area contributed by atoms with Gasteiger partial charge in [-0.2, -0.15) is 0 Å². The lowest BCUT2D eigenvalue weighted by atomic mass is 10.2. The van der Waals surface area contributed by atoms with Gasteiger partial charge in [0.05, 0.1) is 16.8 Å². The average molecular weight is 262 g/mol. The molecule has 0 atom stereocenters. The summed E-state index contributed by atoms with van der Waals surface area (Å²) in [4.78, 5) is 0. The number of nitrogens with two attached hydrogens (primary N) is 1. The van der Waals surface area contributed by atoms with Gasteiger partial charge in [-0.3, -0.25) is 0 Å². The molecular weight excluding hydrogens is 249 g/mol. The van der Waals surface area contributed by atoms with Gasteiger partial charge in [0.2, 0.25) is 0 Å². The highest BCUT2D eigenvalue weighted by molar-refractivity contribution is 9.10. The van der Waals surface area contributed by atoms with Gasteiger partial charge in [-0.05, 0) is 27.9 Å². The largest absolute Gasteiger partial charge is 0.492 e. The van der Waals surface area contributed by atoms with Gasteiger partial charge in [0.15, 0.2) is 0 Å². The van der Waals surface area contributed by atoms with Crippen molar-refractivity contribution < 1.29 is 9.13 Å². The summed E-state index contributed by atoms with van der Waals surface area (Å²) in [6.45, 7) is 4.67. The number of anilines is 1. The third-order valence-corrected chi connectivity index (χ3v) is 2.24. The highest BCUT2D eigenvalue weighted by atomic mass is 79.9. The Bertz CT molecular complexity index is 328. The molecule has 0 aliphatic carbocycles. The maximum atomic E-state index is 12.9. The highest BCUT2D eigenvalue weighted by Crippen LogP contribution is 2.29. The zero-order valence-electron chi connectivity index (χ0n) is 8.18. The number of hydrogen-bond acceptors (Lipinski definition) is 2. The lowest BCUT2D eigenvalue weighted by Gasteiger charge is -2.11. The first-order valence-electron chi connectivity index (χ1n) is 4.38. The van der Waals surface area contributed by atoms with E-state index in [2.05, 4.69) is 15.9 Å². The van der Waals surface area contributed by atoms with Crippen molar-refractivity contribution in [3.8, 4) is 5.75 Å². The molecule has 4 heteroatoms. The molecule has 0 fully saturated rings. The normalized spacial score (nSPS) is 10.6. The predicted molar refractivity (Wildman–Crippen MR) is 58.8 cm³/mol. The summed E-state index contributed by atoms with van der Waals surface area (Å²) in [5, 5.41) is 0. The van der Waals surface area contributed by atoms with Crippen LogP contribution in [0.25, 0.3) is 0 Å². The second kappa shape index (κ2) is 4.64. The van der Waals surface area contributed by atoms with Crippen LogP contribution in [-0.4, -0.2) is 6.61 Å². The Kier molecular flexibility index (Phi) is 3.75. The van der Waals surface area contributed by atoms with E-state index in [0.29, 0.717) is 22.7 Å². The highest BCUT2D eigenvalue weighted by Gasteiger charge is 2.07. The Hall–Kier alpha value is -0.770. The SMILES string of the molecule is CC(C)COc1cc(N)c(F)cc1Br. The lowest BCUT2D eigenvalue weighted by molar-refractivity contribution is 0.269. The number of nitrogen functional groups attached to an aromatic ring is 1. The van der Waals surface area contributed by atoms with Gasteiger partial charge in [0.1, 0.15) is 11.6 Å². The average Bonchev–Trinajstić information content (AvgIpc) is 2.09. The van der Waals surface area contributed by atoms with Crippen molar-refractivity contribution in [3.63, 3.8) is 0 Å². The van der Waals surface area contributed by atoms with Crippen LogP contribution in [0.4, 0.5) is 10.1 Å². The zero-order chi connectivity index (χ0) is 10.7. The van der Waals surface area contributed by atoms with Crippen molar-refractivity contribution in [2.24, 2.45) is 5.92 Å². The summed E-state index contributed by atoms with van der Waals surface area (Å²) in [6, 6.07) is 2.80. The van der Waals surface area contributed by atoms with Crippen LogP contribution in [0.3, 0.4) is 0 Å². The zero-order valence-corrected chi connectivity index (χ0v) is 9.77. The van der Waals surface area contributed by atoms with E-state index >= 15 is 0 Å². The molecule has 0 radical (unpaired) electrons. The fourth-order valence-electron chi connectivity index (χ4n) is 0.912. The summed E-state index contributed by atoms with van der Waals surface area (Å²) in [6.07, 6.45) is 0. The molecule has 0 saturated carbocycles. The van der Waals surface area contributed by atoms with Crippen LogP contribution < -0.4 is 10.5 Å². The molecule has 78 valence electrons. The molecule has 0 heterocycles. The Labute approximate surface area is 91.4 Å². The Morgan fingerprint density at radius 2 is 2.14 bits per heavy atom. The lowest BCUT2D eigenvalue weighted by Crippen LogP contribution is -2.05. The summed E-state index contributed by atoms with van der Waals surface area (Å²) in [5.41, 5.74) is 5.52.